The smallest absolute Gasteiger partial charge is 0.311 e. The molecule has 1 N–H and O–H groups in total. The number of ether oxygens (including phenoxy) is 1. The zero-order chi connectivity index (χ0) is 24.2. The molecule has 2 aromatic heterocycles. The number of esters is 1. The number of carbonyl (C=O) groups is 2. The minimum absolute atomic E-state index is 0.119. The van der Waals surface area contributed by atoms with Crippen LogP contribution in [0.5, 0.6) is 0 Å². The Balaban J connectivity index is 1.55. The topological polar surface area (TPSA) is 103 Å². The van der Waals surface area contributed by atoms with Gasteiger partial charge in [-0.1, -0.05) is 47.6 Å². The van der Waals surface area contributed by atoms with Crippen LogP contribution >= 0.6 is 11.3 Å². The molecule has 0 radical (unpaired) electrons. The molecule has 4 rings (SSSR count). The van der Waals surface area contributed by atoms with E-state index in [1.807, 2.05) is 12.1 Å². The summed E-state index contributed by atoms with van der Waals surface area (Å²) in [6.07, 6.45) is -0.996. The van der Waals surface area contributed by atoms with Gasteiger partial charge in [0.1, 0.15) is 22.6 Å². The van der Waals surface area contributed by atoms with Crippen molar-refractivity contribution in [2.24, 2.45) is 0 Å². The molecule has 34 heavy (non-hydrogen) atoms. The van der Waals surface area contributed by atoms with E-state index in [4.69, 9.17) is 9.26 Å². The largest absolute Gasteiger partial charge is 0.481 e. The quantitative estimate of drug-likeness (QED) is 0.338. The first-order valence-corrected chi connectivity index (χ1v) is 11.4. The predicted octanol–water partition coefficient (Wildman–Crippen LogP) is 5.39. The van der Waals surface area contributed by atoms with Gasteiger partial charge in [-0.15, -0.1) is 11.3 Å². The van der Waals surface area contributed by atoms with Crippen molar-refractivity contribution in [1.29, 1.82) is 0 Å². The Hall–Kier alpha value is -3.85. The molecule has 7 nitrogen and oxygen atoms in total. The van der Waals surface area contributed by atoms with Crippen molar-refractivity contribution in [3.8, 4) is 22.0 Å². The van der Waals surface area contributed by atoms with Gasteiger partial charge in [-0.25, -0.2) is 9.37 Å². The molecule has 0 saturated carbocycles. The number of aliphatic carboxylic acids is 1. The maximum atomic E-state index is 14.0. The van der Waals surface area contributed by atoms with Crippen LogP contribution in [0.1, 0.15) is 35.4 Å². The van der Waals surface area contributed by atoms with Crippen molar-refractivity contribution < 1.29 is 28.3 Å². The number of nitrogens with zero attached hydrogens (tertiary/aromatic N) is 2. The van der Waals surface area contributed by atoms with Crippen molar-refractivity contribution >= 4 is 23.3 Å². The molecule has 9 heteroatoms. The minimum Gasteiger partial charge on any atom is -0.481 e. The van der Waals surface area contributed by atoms with E-state index < -0.39 is 23.9 Å². The number of aryl methyl sites for hydroxylation is 1. The third-order valence-corrected chi connectivity index (χ3v) is 6.16. The molecule has 0 bridgehead atoms. The van der Waals surface area contributed by atoms with Crippen molar-refractivity contribution in [2.45, 2.75) is 32.8 Å². The van der Waals surface area contributed by atoms with Gasteiger partial charge in [0.2, 0.25) is 0 Å². The number of aromatic nitrogens is 2. The van der Waals surface area contributed by atoms with Gasteiger partial charge < -0.3 is 14.4 Å². The van der Waals surface area contributed by atoms with E-state index in [1.165, 1.54) is 17.4 Å². The maximum absolute atomic E-state index is 14.0. The van der Waals surface area contributed by atoms with Gasteiger partial charge in [0.05, 0.1) is 18.5 Å². The lowest BCUT2D eigenvalue weighted by Crippen LogP contribution is -2.13. The fraction of sp³-hybridized carbons (Fsp3) is 0.200. The highest BCUT2D eigenvalue weighted by Crippen LogP contribution is 2.34. The fourth-order valence-corrected chi connectivity index (χ4v) is 4.46. The molecule has 174 valence electrons. The van der Waals surface area contributed by atoms with Gasteiger partial charge in [0.15, 0.2) is 5.76 Å². The summed E-state index contributed by atoms with van der Waals surface area (Å²) in [5.74, 6) is -1.58. The Labute approximate surface area is 198 Å². The van der Waals surface area contributed by atoms with Gasteiger partial charge in [-0.3, -0.25) is 9.59 Å². The molecule has 4 aromatic rings. The first-order valence-electron chi connectivity index (χ1n) is 10.5. The van der Waals surface area contributed by atoms with Crippen LogP contribution in [0, 0.1) is 12.7 Å². The standard InChI is InChI=1S/C25H21FN2O5S/c1-14-19(12-23(31)32-15(2)17-8-5-6-10-20(17)26)24(33-28-14)21-13-34-25(27-21)18-9-4-3-7-16(18)11-22(29)30/h3-10,13,15H,11-12H2,1-2H3,(H,29,30)/t15-/m1/s1. The number of thiazole rings is 1. The molecule has 0 amide bonds. The maximum Gasteiger partial charge on any atom is 0.311 e. The lowest BCUT2D eigenvalue weighted by Gasteiger charge is -2.14. The molecule has 2 heterocycles. The first-order chi connectivity index (χ1) is 16.3. The van der Waals surface area contributed by atoms with Crippen LogP contribution in [-0.4, -0.2) is 27.2 Å². The Morgan fingerprint density at radius 1 is 1.15 bits per heavy atom. The second-order valence-corrected chi connectivity index (χ2v) is 8.53. The van der Waals surface area contributed by atoms with E-state index in [0.717, 1.165) is 5.56 Å². The summed E-state index contributed by atoms with van der Waals surface area (Å²) in [4.78, 5) is 28.4. The minimum atomic E-state index is -0.930. The Kier molecular flexibility index (Phi) is 6.83. The highest BCUT2D eigenvalue weighted by Gasteiger charge is 2.23. The Morgan fingerprint density at radius 2 is 1.88 bits per heavy atom. The molecule has 0 saturated heterocycles. The number of carboxylic acids is 1. The number of hydrogen-bond acceptors (Lipinski definition) is 7. The average Bonchev–Trinajstić information content (AvgIpc) is 3.41. The fourth-order valence-electron chi connectivity index (χ4n) is 3.60. The number of rotatable bonds is 8. The second kappa shape index (κ2) is 9.96. The molecule has 0 aliphatic heterocycles. The highest BCUT2D eigenvalue weighted by molar-refractivity contribution is 7.13. The number of carbonyl (C=O) groups excluding carboxylic acids is 1. The molecule has 1 atom stereocenters. The van der Waals surface area contributed by atoms with Crippen LogP contribution in [0.3, 0.4) is 0 Å². The van der Waals surface area contributed by atoms with Crippen LogP contribution in [0.25, 0.3) is 22.0 Å². The molecular formula is C25H21FN2O5S. The normalized spacial score (nSPS) is 11.9. The number of carboxylic acid groups (broad SMARTS) is 1. The molecule has 0 aliphatic rings. The first kappa shape index (κ1) is 23.3. The molecular weight excluding hydrogens is 459 g/mol. The van der Waals surface area contributed by atoms with Crippen molar-refractivity contribution in [3.63, 3.8) is 0 Å². The van der Waals surface area contributed by atoms with Gasteiger partial charge >= 0.3 is 11.9 Å². The van der Waals surface area contributed by atoms with Crippen molar-refractivity contribution in [3.05, 3.63) is 82.1 Å². The van der Waals surface area contributed by atoms with Crippen LogP contribution in [0.2, 0.25) is 0 Å². The van der Waals surface area contributed by atoms with E-state index in [9.17, 15) is 19.1 Å². The van der Waals surface area contributed by atoms with E-state index in [2.05, 4.69) is 10.1 Å². The van der Waals surface area contributed by atoms with E-state index in [0.29, 0.717) is 38.8 Å². The highest BCUT2D eigenvalue weighted by atomic mass is 32.1. The summed E-state index contributed by atoms with van der Waals surface area (Å²) in [7, 11) is 0. The zero-order valence-corrected chi connectivity index (χ0v) is 19.3. The second-order valence-electron chi connectivity index (χ2n) is 7.67. The number of halogens is 1. The predicted molar refractivity (Wildman–Crippen MR) is 124 cm³/mol. The lowest BCUT2D eigenvalue weighted by molar-refractivity contribution is -0.147. The van der Waals surface area contributed by atoms with Crippen molar-refractivity contribution in [2.75, 3.05) is 0 Å². The van der Waals surface area contributed by atoms with Gasteiger partial charge in [-0.2, -0.15) is 0 Å². The molecule has 2 aromatic carbocycles. The summed E-state index contributed by atoms with van der Waals surface area (Å²) in [5, 5.41) is 15.6. The summed E-state index contributed by atoms with van der Waals surface area (Å²) >= 11 is 1.34. The Bertz CT molecular complexity index is 1350. The molecule has 0 spiro atoms. The third-order valence-electron chi connectivity index (χ3n) is 5.28. The van der Waals surface area contributed by atoms with E-state index >= 15 is 0 Å². The Morgan fingerprint density at radius 3 is 2.65 bits per heavy atom. The zero-order valence-electron chi connectivity index (χ0n) is 18.4. The van der Waals surface area contributed by atoms with Gasteiger partial charge in [0.25, 0.3) is 0 Å². The van der Waals surface area contributed by atoms with Crippen molar-refractivity contribution in [1.82, 2.24) is 10.1 Å². The monoisotopic (exact) mass is 480 g/mol. The average molecular weight is 481 g/mol. The van der Waals surface area contributed by atoms with Gasteiger partial charge in [-0.05, 0) is 25.5 Å². The summed E-state index contributed by atoms with van der Waals surface area (Å²) < 4.78 is 24.9. The van der Waals surface area contributed by atoms with Crippen LogP contribution < -0.4 is 0 Å². The molecule has 0 aliphatic carbocycles. The van der Waals surface area contributed by atoms with Crippen LogP contribution in [-0.2, 0) is 27.2 Å². The van der Waals surface area contributed by atoms with Crippen LogP contribution in [0.15, 0.2) is 58.4 Å². The third kappa shape index (κ3) is 5.04. The van der Waals surface area contributed by atoms with Crippen LogP contribution in [0.4, 0.5) is 4.39 Å². The van der Waals surface area contributed by atoms with E-state index in [1.54, 1.807) is 49.6 Å². The van der Waals surface area contributed by atoms with E-state index in [-0.39, 0.29) is 12.8 Å². The molecule has 0 fully saturated rings. The SMILES string of the molecule is Cc1noc(-c2csc(-c3ccccc3CC(=O)O)n2)c1CC(=O)O[C@H](C)c1ccccc1F. The number of benzene rings is 2. The number of hydrogen-bond donors (Lipinski definition) is 1. The lowest BCUT2D eigenvalue weighted by atomic mass is 10.1. The summed E-state index contributed by atoms with van der Waals surface area (Å²) in [6, 6.07) is 13.3. The summed E-state index contributed by atoms with van der Waals surface area (Å²) in [6.45, 7) is 3.32. The summed E-state index contributed by atoms with van der Waals surface area (Å²) in [5.41, 5.74) is 3.19. The molecule has 0 unspecified atom stereocenters. The van der Waals surface area contributed by atoms with Gasteiger partial charge in [0, 0.05) is 22.1 Å².